The summed E-state index contributed by atoms with van der Waals surface area (Å²) in [6, 6.07) is 0. The van der Waals surface area contributed by atoms with Gasteiger partial charge in [-0.1, -0.05) is 40.3 Å². The first-order valence-electron chi connectivity index (χ1n) is 7.79. The first-order chi connectivity index (χ1) is 9.24. The molecule has 0 radical (unpaired) electrons. The number of rotatable bonds is 7. The van der Waals surface area contributed by atoms with Crippen LogP contribution in [0.3, 0.4) is 0 Å². The summed E-state index contributed by atoms with van der Waals surface area (Å²) in [6.07, 6.45) is 3.05. The van der Waals surface area contributed by atoms with Crippen LogP contribution in [0.2, 0.25) is 18.1 Å². The molecular weight excluding hydrogens is 268 g/mol. The van der Waals surface area contributed by atoms with Crippen molar-refractivity contribution in [1.29, 1.82) is 0 Å². The normalized spacial score (nSPS) is 18.5. The van der Waals surface area contributed by atoms with Crippen LogP contribution in [-0.4, -0.2) is 57.1 Å². The minimum Gasteiger partial charge on any atom is -0.469 e. The van der Waals surface area contributed by atoms with Gasteiger partial charge >= 0.3 is 5.97 Å². The maximum atomic E-state index is 11.2. The summed E-state index contributed by atoms with van der Waals surface area (Å²) in [7, 11) is 0.0105. The number of hydrogen-bond donors (Lipinski definition) is 0. The first kappa shape index (κ1) is 17.7. The van der Waals surface area contributed by atoms with Gasteiger partial charge < -0.3 is 9.30 Å². The van der Waals surface area contributed by atoms with Gasteiger partial charge in [-0.25, -0.2) is 0 Å². The van der Waals surface area contributed by atoms with E-state index < -0.39 is 8.24 Å². The second-order valence-electron chi connectivity index (χ2n) is 7.04. The zero-order chi connectivity index (χ0) is 15.4. The molecule has 0 aromatic carbocycles. The van der Waals surface area contributed by atoms with E-state index in [9.17, 15) is 4.79 Å². The van der Waals surface area contributed by atoms with E-state index in [1.165, 1.54) is 20.0 Å². The van der Waals surface area contributed by atoms with E-state index in [2.05, 4.69) is 43.3 Å². The standard InChI is InChI=1S/C15H32N2O2Si/c1-7-9-15(2,3)20(5,6)17-12-11-16(13-17)10-8-14(18)19-4/h7-13H2,1-6H3. The molecule has 1 fully saturated rings. The Labute approximate surface area is 125 Å². The molecule has 0 atom stereocenters. The molecule has 118 valence electrons. The average Bonchev–Trinajstić information content (AvgIpc) is 2.85. The number of methoxy groups -OCH3 is 1. The zero-order valence-corrected chi connectivity index (χ0v) is 15.2. The largest absolute Gasteiger partial charge is 0.469 e. The number of nitrogens with zero attached hydrogens (tertiary/aromatic N) is 2. The summed E-state index contributed by atoms with van der Waals surface area (Å²) in [6.45, 7) is 16.2. The molecule has 1 aliphatic rings. The van der Waals surface area contributed by atoms with E-state index in [4.69, 9.17) is 4.74 Å². The van der Waals surface area contributed by atoms with Gasteiger partial charge in [0.2, 0.25) is 0 Å². The third kappa shape index (κ3) is 4.05. The van der Waals surface area contributed by atoms with Crippen LogP contribution in [0, 0.1) is 0 Å². The van der Waals surface area contributed by atoms with Gasteiger partial charge in [0.1, 0.15) is 8.24 Å². The fourth-order valence-electron chi connectivity index (χ4n) is 2.99. The summed E-state index contributed by atoms with van der Waals surface area (Å²) in [4.78, 5) is 13.6. The molecule has 0 bridgehead atoms. The second kappa shape index (κ2) is 7.05. The highest BCUT2D eigenvalue weighted by molar-refractivity contribution is 6.77. The van der Waals surface area contributed by atoms with E-state index in [-0.39, 0.29) is 5.97 Å². The molecule has 0 aromatic heterocycles. The van der Waals surface area contributed by atoms with Crippen molar-refractivity contribution < 1.29 is 9.53 Å². The predicted molar refractivity (Wildman–Crippen MR) is 86.2 cm³/mol. The van der Waals surface area contributed by atoms with E-state index in [1.807, 2.05) is 0 Å². The highest BCUT2D eigenvalue weighted by Crippen LogP contribution is 2.43. The average molecular weight is 301 g/mol. The Morgan fingerprint density at radius 3 is 2.50 bits per heavy atom. The molecule has 0 aliphatic carbocycles. The van der Waals surface area contributed by atoms with E-state index >= 15 is 0 Å². The van der Waals surface area contributed by atoms with Crippen molar-refractivity contribution in [2.24, 2.45) is 0 Å². The number of ether oxygens (including phenoxy) is 1. The number of carbonyl (C=O) groups excluding carboxylic acids is 1. The van der Waals surface area contributed by atoms with Crippen LogP contribution in [0.1, 0.15) is 40.0 Å². The fraction of sp³-hybridized carbons (Fsp3) is 0.933. The van der Waals surface area contributed by atoms with E-state index in [1.54, 1.807) is 0 Å². The van der Waals surface area contributed by atoms with Crippen LogP contribution in [-0.2, 0) is 9.53 Å². The molecule has 1 rings (SSSR count). The Kier molecular flexibility index (Phi) is 6.22. The predicted octanol–water partition coefficient (Wildman–Crippen LogP) is 2.91. The molecule has 1 aliphatic heterocycles. The highest BCUT2D eigenvalue weighted by atomic mass is 28.3. The van der Waals surface area contributed by atoms with Crippen LogP contribution >= 0.6 is 0 Å². The van der Waals surface area contributed by atoms with Gasteiger partial charge in [-0.15, -0.1) is 0 Å². The quantitative estimate of drug-likeness (QED) is 0.534. The Hall–Kier alpha value is -0.393. The van der Waals surface area contributed by atoms with Crippen LogP contribution in [0.4, 0.5) is 0 Å². The highest BCUT2D eigenvalue weighted by Gasteiger charge is 2.45. The van der Waals surface area contributed by atoms with Crippen molar-refractivity contribution in [2.75, 3.05) is 33.4 Å². The third-order valence-corrected chi connectivity index (χ3v) is 10.7. The van der Waals surface area contributed by atoms with Gasteiger partial charge in [0.15, 0.2) is 0 Å². The molecule has 0 spiro atoms. The second-order valence-corrected chi connectivity index (χ2v) is 12.1. The molecule has 1 heterocycles. The molecule has 0 aromatic rings. The molecule has 5 heteroatoms. The van der Waals surface area contributed by atoms with Crippen LogP contribution in [0.5, 0.6) is 0 Å². The van der Waals surface area contributed by atoms with Crippen molar-refractivity contribution in [3.63, 3.8) is 0 Å². The van der Waals surface area contributed by atoms with E-state index in [0.717, 1.165) is 26.3 Å². The van der Waals surface area contributed by atoms with Crippen LogP contribution in [0.15, 0.2) is 0 Å². The molecule has 4 nitrogen and oxygen atoms in total. The lowest BCUT2D eigenvalue weighted by Crippen LogP contribution is -2.55. The van der Waals surface area contributed by atoms with Gasteiger partial charge in [-0.2, -0.15) is 0 Å². The van der Waals surface area contributed by atoms with Crippen molar-refractivity contribution in [1.82, 2.24) is 9.47 Å². The minimum absolute atomic E-state index is 0.105. The Morgan fingerprint density at radius 2 is 1.95 bits per heavy atom. The van der Waals surface area contributed by atoms with E-state index in [0.29, 0.717) is 11.5 Å². The molecule has 0 N–H and O–H groups in total. The summed E-state index contributed by atoms with van der Waals surface area (Å²) in [5.74, 6) is -0.105. The SMILES string of the molecule is CCCC(C)(C)[Si](C)(C)N1CCN(CCC(=O)OC)C1. The smallest absolute Gasteiger partial charge is 0.306 e. The number of hydrogen-bond acceptors (Lipinski definition) is 4. The summed E-state index contributed by atoms with van der Waals surface area (Å²) >= 11 is 0. The van der Waals surface area contributed by atoms with Crippen molar-refractivity contribution in [3.05, 3.63) is 0 Å². The number of esters is 1. The third-order valence-electron chi connectivity index (χ3n) is 5.24. The molecule has 20 heavy (non-hydrogen) atoms. The monoisotopic (exact) mass is 300 g/mol. The van der Waals surface area contributed by atoms with Crippen LogP contribution < -0.4 is 0 Å². The summed E-state index contributed by atoms with van der Waals surface area (Å²) < 4.78 is 7.41. The molecule has 0 unspecified atom stereocenters. The number of carbonyl (C=O) groups is 1. The summed E-state index contributed by atoms with van der Waals surface area (Å²) in [5, 5.41) is 0.431. The maximum absolute atomic E-state index is 11.2. The van der Waals surface area contributed by atoms with Gasteiger partial charge in [0, 0.05) is 26.3 Å². The van der Waals surface area contributed by atoms with Gasteiger partial charge in [-0.3, -0.25) is 9.69 Å². The lowest BCUT2D eigenvalue weighted by molar-refractivity contribution is -0.140. The van der Waals surface area contributed by atoms with Gasteiger partial charge in [-0.05, 0) is 11.5 Å². The molecule has 1 saturated heterocycles. The maximum Gasteiger partial charge on any atom is 0.306 e. The molecule has 0 saturated carbocycles. The Bertz CT molecular complexity index is 332. The van der Waals surface area contributed by atoms with Gasteiger partial charge in [0.25, 0.3) is 0 Å². The fourth-order valence-corrected chi connectivity index (χ4v) is 5.92. The molecular formula is C15H32N2O2Si. The van der Waals surface area contributed by atoms with Crippen LogP contribution in [0.25, 0.3) is 0 Å². The van der Waals surface area contributed by atoms with Crippen molar-refractivity contribution in [2.45, 2.75) is 58.2 Å². The lowest BCUT2D eigenvalue weighted by atomic mass is 10.1. The first-order valence-corrected chi connectivity index (χ1v) is 10.7. The zero-order valence-electron chi connectivity index (χ0n) is 14.2. The Morgan fingerprint density at radius 1 is 1.30 bits per heavy atom. The Balaban J connectivity index is 2.55. The van der Waals surface area contributed by atoms with Gasteiger partial charge in [0.05, 0.1) is 13.5 Å². The molecule has 0 amide bonds. The van der Waals surface area contributed by atoms with Crippen molar-refractivity contribution >= 4 is 14.2 Å². The van der Waals surface area contributed by atoms with Crippen molar-refractivity contribution in [3.8, 4) is 0 Å². The topological polar surface area (TPSA) is 32.8 Å². The summed E-state index contributed by atoms with van der Waals surface area (Å²) in [5.41, 5.74) is 0. The minimum atomic E-state index is -1.45. The lowest BCUT2D eigenvalue weighted by Gasteiger charge is -2.46.